The number of pyridine rings is 1. The molecule has 0 aliphatic heterocycles. The summed E-state index contributed by atoms with van der Waals surface area (Å²) in [7, 11) is 3.24. The van der Waals surface area contributed by atoms with Gasteiger partial charge in [0.2, 0.25) is 0 Å². The molecule has 36 heavy (non-hydrogen) atoms. The van der Waals surface area contributed by atoms with Gasteiger partial charge in [0.25, 0.3) is 0 Å². The van der Waals surface area contributed by atoms with Crippen LogP contribution < -0.4 is 4.74 Å². The molecule has 4 rings (SSSR count). The van der Waals surface area contributed by atoms with Crippen LogP contribution in [0.5, 0.6) is 5.75 Å². The van der Waals surface area contributed by atoms with Gasteiger partial charge >= 0.3 is 12.1 Å². The molecule has 2 fully saturated rings. The monoisotopic (exact) mass is 499 g/mol. The van der Waals surface area contributed by atoms with E-state index in [9.17, 15) is 9.59 Å². The Bertz CT molecular complexity index is 1060. The van der Waals surface area contributed by atoms with E-state index in [-0.39, 0.29) is 36.5 Å². The lowest BCUT2D eigenvalue weighted by molar-refractivity contribution is -0.149. The summed E-state index contributed by atoms with van der Waals surface area (Å²) in [6.07, 6.45) is 7.90. The van der Waals surface area contributed by atoms with E-state index in [0.717, 1.165) is 51.4 Å². The molecular formula is C27H37N3O6. The molecule has 2 aliphatic carbocycles. The lowest BCUT2D eigenvalue weighted by Gasteiger charge is -2.29. The van der Waals surface area contributed by atoms with E-state index >= 15 is 0 Å². The van der Waals surface area contributed by atoms with Gasteiger partial charge in [-0.25, -0.2) is 9.78 Å². The first-order valence-electron chi connectivity index (χ1n) is 12.9. The lowest BCUT2D eigenvalue weighted by Crippen LogP contribution is -2.35. The first-order valence-corrected chi connectivity index (χ1v) is 12.9. The zero-order chi connectivity index (χ0) is 25.7. The molecule has 2 atom stereocenters. The molecule has 196 valence electrons. The number of aromatic nitrogens is 2. The summed E-state index contributed by atoms with van der Waals surface area (Å²) in [5, 5.41) is 4.08. The van der Waals surface area contributed by atoms with Gasteiger partial charge in [-0.3, -0.25) is 4.79 Å². The molecule has 2 saturated carbocycles. The summed E-state index contributed by atoms with van der Waals surface area (Å²) < 4.78 is 22.2. The lowest BCUT2D eigenvalue weighted by atomic mass is 9.80. The number of rotatable bonds is 8. The summed E-state index contributed by atoms with van der Waals surface area (Å²) >= 11 is 0. The van der Waals surface area contributed by atoms with Gasteiger partial charge in [0.05, 0.1) is 36.6 Å². The number of aryl methyl sites for hydroxylation is 2. The molecule has 2 heterocycles. The van der Waals surface area contributed by atoms with E-state index in [1.807, 2.05) is 26.0 Å². The van der Waals surface area contributed by atoms with E-state index < -0.39 is 0 Å². The Hall–Kier alpha value is -3.10. The van der Waals surface area contributed by atoms with Crippen molar-refractivity contribution in [1.82, 2.24) is 15.0 Å². The fourth-order valence-corrected chi connectivity index (χ4v) is 5.33. The van der Waals surface area contributed by atoms with Gasteiger partial charge in [0.15, 0.2) is 5.76 Å². The Morgan fingerprint density at radius 1 is 1.06 bits per heavy atom. The molecule has 0 bridgehead atoms. The second-order valence-corrected chi connectivity index (χ2v) is 9.94. The zero-order valence-corrected chi connectivity index (χ0v) is 21.7. The topological polar surface area (TPSA) is 104 Å². The van der Waals surface area contributed by atoms with E-state index in [4.69, 9.17) is 18.7 Å². The van der Waals surface area contributed by atoms with Crippen LogP contribution in [0.4, 0.5) is 4.79 Å². The smallest absolute Gasteiger partial charge is 0.410 e. The third-order valence-electron chi connectivity index (χ3n) is 7.62. The number of ether oxygens (including phenoxy) is 3. The maximum absolute atomic E-state index is 12.6. The summed E-state index contributed by atoms with van der Waals surface area (Å²) in [6, 6.07) is 3.92. The highest BCUT2D eigenvalue weighted by Gasteiger charge is 2.32. The fraction of sp³-hybridized carbons (Fsp3) is 0.630. The number of nitrogens with zero attached hydrogens (tertiary/aromatic N) is 3. The van der Waals surface area contributed by atoms with E-state index in [2.05, 4.69) is 10.1 Å². The van der Waals surface area contributed by atoms with E-state index in [0.29, 0.717) is 40.8 Å². The van der Waals surface area contributed by atoms with Crippen molar-refractivity contribution in [3.8, 4) is 17.2 Å². The number of amides is 1. The summed E-state index contributed by atoms with van der Waals surface area (Å²) in [5.74, 6) is 1.00. The number of carbonyl (C=O) groups excluding carboxylic acids is 2. The predicted octanol–water partition coefficient (Wildman–Crippen LogP) is 5.22. The number of hydrogen-bond acceptors (Lipinski definition) is 8. The van der Waals surface area contributed by atoms with Crippen molar-refractivity contribution in [2.75, 3.05) is 20.8 Å². The highest BCUT2D eigenvalue weighted by molar-refractivity contribution is 5.72. The van der Waals surface area contributed by atoms with Gasteiger partial charge in [-0.15, -0.1) is 0 Å². The standard InChI is InChI=1S/C27H37N3O6/c1-17-22(16-35-27(32)30(3)20-10-6-7-11-20)25(36-29-17)23-13-14-24(18(2)28-23)34-15-19-9-5-8-12-21(19)26(31)33-4/h13-14,19-21H,5-12,15-16H2,1-4H3/t19-,21+/m1/s1. The van der Waals surface area contributed by atoms with Gasteiger partial charge < -0.3 is 23.6 Å². The van der Waals surface area contributed by atoms with Crippen LogP contribution in [0, 0.1) is 25.7 Å². The van der Waals surface area contributed by atoms with Crippen molar-refractivity contribution < 1.29 is 28.3 Å². The third-order valence-corrected chi connectivity index (χ3v) is 7.62. The molecule has 2 aliphatic rings. The molecular weight excluding hydrogens is 462 g/mol. The molecule has 0 saturated heterocycles. The van der Waals surface area contributed by atoms with Crippen LogP contribution in [-0.4, -0.2) is 53.9 Å². The summed E-state index contributed by atoms with van der Waals surface area (Å²) in [5.41, 5.74) is 2.66. The van der Waals surface area contributed by atoms with Crippen molar-refractivity contribution >= 4 is 12.1 Å². The average Bonchev–Trinajstić information content (AvgIpc) is 3.56. The molecule has 0 radical (unpaired) electrons. The van der Waals surface area contributed by atoms with E-state index in [1.54, 1.807) is 11.9 Å². The van der Waals surface area contributed by atoms with Gasteiger partial charge in [0, 0.05) is 19.0 Å². The Kier molecular flexibility index (Phi) is 8.48. The first-order chi connectivity index (χ1) is 17.4. The molecule has 2 aromatic heterocycles. The summed E-state index contributed by atoms with van der Waals surface area (Å²) in [6.45, 7) is 4.20. The van der Waals surface area contributed by atoms with Crippen LogP contribution in [0.2, 0.25) is 0 Å². The Labute approximate surface area is 212 Å². The predicted molar refractivity (Wildman–Crippen MR) is 132 cm³/mol. The second kappa shape index (κ2) is 11.8. The minimum absolute atomic E-state index is 0.0656. The van der Waals surface area contributed by atoms with Gasteiger partial charge in [0.1, 0.15) is 18.1 Å². The largest absolute Gasteiger partial charge is 0.491 e. The number of esters is 1. The highest BCUT2D eigenvalue weighted by Crippen LogP contribution is 2.33. The minimum Gasteiger partial charge on any atom is -0.491 e. The summed E-state index contributed by atoms with van der Waals surface area (Å²) in [4.78, 5) is 31.1. The van der Waals surface area contributed by atoms with Crippen LogP contribution >= 0.6 is 0 Å². The molecule has 9 heteroatoms. The van der Waals surface area contributed by atoms with Crippen LogP contribution in [0.3, 0.4) is 0 Å². The number of carbonyl (C=O) groups is 2. The Morgan fingerprint density at radius 3 is 2.50 bits per heavy atom. The molecule has 1 amide bonds. The minimum atomic E-state index is -0.339. The molecule has 2 aromatic rings. The van der Waals surface area contributed by atoms with Crippen molar-refractivity contribution in [3.05, 3.63) is 29.1 Å². The maximum Gasteiger partial charge on any atom is 0.410 e. The van der Waals surface area contributed by atoms with Crippen molar-refractivity contribution in [2.24, 2.45) is 11.8 Å². The SMILES string of the molecule is COC(=O)[C@H]1CCCC[C@@H]1COc1ccc(-c2onc(C)c2COC(=O)N(C)C2CCCC2)nc1C. The second-order valence-electron chi connectivity index (χ2n) is 9.94. The van der Waals surface area contributed by atoms with Crippen molar-refractivity contribution in [3.63, 3.8) is 0 Å². The molecule has 0 spiro atoms. The van der Waals surface area contributed by atoms with Crippen molar-refractivity contribution in [2.45, 2.75) is 77.9 Å². The zero-order valence-electron chi connectivity index (χ0n) is 21.7. The average molecular weight is 500 g/mol. The molecule has 0 unspecified atom stereocenters. The fourth-order valence-electron chi connectivity index (χ4n) is 5.33. The van der Waals surface area contributed by atoms with Crippen LogP contribution in [-0.2, 0) is 20.9 Å². The molecule has 0 aromatic carbocycles. The van der Waals surface area contributed by atoms with Gasteiger partial charge in [-0.05, 0) is 51.7 Å². The maximum atomic E-state index is 12.6. The number of hydrogen-bond donors (Lipinski definition) is 0. The quantitative estimate of drug-likeness (QED) is 0.455. The molecule has 0 N–H and O–H groups in total. The Morgan fingerprint density at radius 2 is 1.78 bits per heavy atom. The highest BCUT2D eigenvalue weighted by atomic mass is 16.6. The third kappa shape index (κ3) is 5.82. The van der Waals surface area contributed by atoms with E-state index in [1.165, 1.54) is 7.11 Å². The first kappa shape index (κ1) is 26.0. The van der Waals surface area contributed by atoms with Gasteiger partial charge in [-0.2, -0.15) is 0 Å². The normalized spacial score (nSPS) is 20.2. The Balaban J connectivity index is 1.40. The number of methoxy groups -OCH3 is 1. The molecule has 9 nitrogen and oxygen atoms in total. The van der Waals surface area contributed by atoms with Crippen LogP contribution in [0.25, 0.3) is 11.5 Å². The van der Waals surface area contributed by atoms with Crippen LogP contribution in [0.1, 0.15) is 68.3 Å². The van der Waals surface area contributed by atoms with Crippen LogP contribution in [0.15, 0.2) is 16.7 Å². The van der Waals surface area contributed by atoms with Crippen molar-refractivity contribution in [1.29, 1.82) is 0 Å². The van der Waals surface area contributed by atoms with Gasteiger partial charge in [-0.1, -0.05) is 30.8 Å².